The number of rotatable bonds is 5. The van der Waals surface area contributed by atoms with E-state index < -0.39 is 0 Å². The summed E-state index contributed by atoms with van der Waals surface area (Å²) in [5.41, 5.74) is 0.649. The summed E-state index contributed by atoms with van der Waals surface area (Å²) < 4.78 is 5.50. The molecule has 0 fully saturated rings. The number of thioether (sulfide) groups is 1. The first kappa shape index (κ1) is 15.4. The SMILES string of the molecule is O=C(CSc1nnc(-c2ccccc2Cl)o1)Nc1ncccn1. The molecule has 2 heterocycles. The smallest absolute Gasteiger partial charge is 0.277 e. The Morgan fingerprint density at radius 2 is 1.96 bits per heavy atom. The van der Waals surface area contributed by atoms with Gasteiger partial charge in [0.05, 0.1) is 16.3 Å². The highest BCUT2D eigenvalue weighted by atomic mass is 35.5. The van der Waals surface area contributed by atoms with E-state index in [1.165, 1.54) is 0 Å². The van der Waals surface area contributed by atoms with Gasteiger partial charge in [-0.3, -0.25) is 10.1 Å². The van der Waals surface area contributed by atoms with E-state index in [4.69, 9.17) is 16.0 Å². The molecule has 3 aromatic rings. The summed E-state index contributed by atoms with van der Waals surface area (Å²) in [6.45, 7) is 0. The maximum atomic E-state index is 11.8. The Balaban J connectivity index is 1.59. The van der Waals surface area contributed by atoms with E-state index in [-0.39, 0.29) is 22.8 Å². The monoisotopic (exact) mass is 347 g/mol. The van der Waals surface area contributed by atoms with Gasteiger partial charge in [0.25, 0.3) is 5.22 Å². The lowest BCUT2D eigenvalue weighted by molar-refractivity contribution is -0.113. The number of carbonyl (C=O) groups is 1. The predicted molar refractivity (Wildman–Crippen MR) is 86.1 cm³/mol. The molecular formula is C14H10ClN5O2S. The van der Waals surface area contributed by atoms with Crippen LogP contribution in [-0.2, 0) is 4.79 Å². The van der Waals surface area contributed by atoms with Gasteiger partial charge in [0.1, 0.15) is 0 Å². The second-order valence-electron chi connectivity index (χ2n) is 4.26. The minimum absolute atomic E-state index is 0.0996. The lowest BCUT2D eigenvalue weighted by Gasteiger charge is -2.00. The molecule has 0 bridgehead atoms. The van der Waals surface area contributed by atoms with Gasteiger partial charge in [-0.05, 0) is 18.2 Å². The fraction of sp³-hybridized carbons (Fsp3) is 0.0714. The van der Waals surface area contributed by atoms with Gasteiger partial charge in [-0.25, -0.2) is 9.97 Å². The molecule has 23 heavy (non-hydrogen) atoms. The summed E-state index contributed by atoms with van der Waals surface area (Å²) >= 11 is 7.19. The second-order valence-corrected chi connectivity index (χ2v) is 5.60. The van der Waals surface area contributed by atoms with E-state index in [9.17, 15) is 4.79 Å². The normalized spacial score (nSPS) is 10.5. The number of amides is 1. The molecule has 1 amide bonds. The molecule has 0 atom stereocenters. The molecule has 0 aliphatic rings. The summed E-state index contributed by atoms with van der Waals surface area (Å²) in [6.07, 6.45) is 3.09. The van der Waals surface area contributed by atoms with Crippen molar-refractivity contribution in [3.63, 3.8) is 0 Å². The molecule has 7 nitrogen and oxygen atoms in total. The van der Waals surface area contributed by atoms with Crippen molar-refractivity contribution in [2.45, 2.75) is 5.22 Å². The van der Waals surface area contributed by atoms with Crippen LogP contribution in [0.2, 0.25) is 5.02 Å². The Bertz CT molecular complexity index is 812. The van der Waals surface area contributed by atoms with E-state index in [0.717, 1.165) is 11.8 Å². The van der Waals surface area contributed by atoms with Gasteiger partial charge < -0.3 is 4.42 Å². The van der Waals surface area contributed by atoms with Gasteiger partial charge in [-0.1, -0.05) is 35.5 Å². The predicted octanol–water partition coefficient (Wildman–Crippen LogP) is 2.91. The highest BCUT2D eigenvalue weighted by Gasteiger charge is 2.13. The second kappa shape index (κ2) is 7.21. The Hall–Kier alpha value is -2.45. The number of anilines is 1. The number of halogens is 1. The van der Waals surface area contributed by atoms with Crippen molar-refractivity contribution in [2.75, 3.05) is 11.1 Å². The number of carbonyl (C=O) groups excluding carboxylic acids is 1. The Labute approximate surface area is 140 Å². The number of aromatic nitrogens is 4. The molecule has 0 radical (unpaired) electrons. The quantitative estimate of drug-likeness (QED) is 0.709. The van der Waals surface area contributed by atoms with Gasteiger partial charge in [-0.2, -0.15) is 0 Å². The Morgan fingerprint density at radius 1 is 1.17 bits per heavy atom. The molecule has 0 aliphatic heterocycles. The average Bonchev–Trinajstić information content (AvgIpc) is 3.03. The van der Waals surface area contributed by atoms with E-state index in [1.807, 2.05) is 12.1 Å². The first-order valence-corrected chi connectivity index (χ1v) is 7.87. The molecule has 9 heteroatoms. The first-order valence-electron chi connectivity index (χ1n) is 6.50. The van der Waals surface area contributed by atoms with Gasteiger partial charge in [0.15, 0.2) is 0 Å². The van der Waals surface area contributed by atoms with Gasteiger partial charge >= 0.3 is 0 Å². The topological polar surface area (TPSA) is 93.8 Å². The third kappa shape index (κ3) is 4.05. The van der Waals surface area contributed by atoms with Gasteiger partial charge in [0, 0.05) is 12.4 Å². The fourth-order valence-corrected chi connectivity index (χ4v) is 2.44. The van der Waals surface area contributed by atoms with Crippen LogP contribution in [0.4, 0.5) is 5.95 Å². The van der Waals surface area contributed by atoms with Crippen LogP contribution in [0, 0.1) is 0 Å². The fourth-order valence-electron chi connectivity index (χ4n) is 1.66. The minimum Gasteiger partial charge on any atom is -0.411 e. The van der Waals surface area contributed by atoms with E-state index in [0.29, 0.717) is 16.5 Å². The first-order chi connectivity index (χ1) is 11.2. The summed E-state index contributed by atoms with van der Waals surface area (Å²) in [7, 11) is 0. The molecule has 1 aromatic carbocycles. The molecule has 0 spiro atoms. The number of hydrogen-bond donors (Lipinski definition) is 1. The minimum atomic E-state index is -0.265. The van der Waals surface area contributed by atoms with Crippen LogP contribution in [0.25, 0.3) is 11.5 Å². The summed E-state index contributed by atoms with van der Waals surface area (Å²) in [5.74, 6) is 0.395. The van der Waals surface area contributed by atoms with Crippen molar-refractivity contribution < 1.29 is 9.21 Å². The third-order valence-corrected chi connectivity index (χ3v) is 3.80. The average molecular weight is 348 g/mol. The van der Waals surface area contributed by atoms with Crippen LogP contribution < -0.4 is 5.32 Å². The van der Waals surface area contributed by atoms with Crippen LogP contribution in [0.1, 0.15) is 0 Å². The van der Waals surface area contributed by atoms with Crippen LogP contribution in [0.5, 0.6) is 0 Å². The van der Waals surface area contributed by atoms with Gasteiger partial charge in [-0.15, -0.1) is 10.2 Å². The molecule has 1 N–H and O–H groups in total. The van der Waals surface area contributed by atoms with Crippen molar-refractivity contribution in [1.29, 1.82) is 0 Å². The van der Waals surface area contributed by atoms with E-state index in [2.05, 4.69) is 25.5 Å². The van der Waals surface area contributed by atoms with E-state index >= 15 is 0 Å². The number of nitrogens with zero attached hydrogens (tertiary/aromatic N) is 4. The molecule has 116 valence electrons. The molecule has 0 saturated heterocycles. The molecule has 0 aliphatic carbocycles. The number of benzene rings is 1. The highest BCUT2D eigenvalue weighted by Crippen LogP contribution is 2.28. The molecule has 2 aromatic heterocycles. The van der Waals surface area contributed by atoms with Gasteiger partial charge in [0.2, 0.25) is 17.7 Å². The standard InChI is InChI=1S/C14H10ClN5O2S/c15-10-5-2-1-4-9(10)12-19-20-14(22-12)23-8-11(21)18-13-16-6-3-7-17-13/h1-7H,8H2,(H,16,17,18,21). The molecule has 0 saturated carbocycles. The zero-order valence-corrected chi connectivity index (χ0v) is 13.2. The van der Waals surface area contributed by atoms with Crippen molar-refractivity contribution in [1.82, 2.24) is 20.2 Å². The van der Waals surface area contributed by atoms with Crippen LogP contribution >= 0.6 is 23.4 Å². The van der Waals surface area contributed by atoms with Crippen molar-refractivity contribution in [3.8, 4) is 11.5 Å². The van der Waals surface area contributed by atoms with Crippen molar-refractivity contribution in [3.05, 3.63) is 47.7 Å². The maximum absolute atomic E-state index is 11.8. The number of hydrogen-bond acceptors (Lipinski definition) is 7. The largest absolute Gasteiger partial charge is 0.411 e. The van der Waals surface area contributed by atoms with Crippen LogP contribution in [-0.4, -0.2) is 31.8 Å². The lowest BCUT2D eigenvalue weighted by atomic mass is 10.2. The summed E-state index contributed by atoms with van der Waals surface area (Å²) in [4.78, 5) is 19.6. The summed E-state index contributed by atoms with van der Waals surface area (Å²) in [6, 6.07) is 8.82. The van der Waals surface area contributed by atoms with Crippen LogP contribution in [0.3, 0.4) is 0 Å². The number of nitrogens with one attached hydrogen (secondary N) is 1. The third-order valence-electron chi connectivity index (χ3n) is 2.65. The lowest BCUT2D eigenvalue weighted by Crippen LogP contribution is -2.15. The zero-order valence-electron chi connectivity index (χ0n) is 11.6. The highest BCUT2D eigenvalue weighted by molar-refractivity contribution is 7.99. The molecule has 3 rings (SSSR count). The van der Waals surface area contributed by atoms with Crippen LogP contribution in [0.15, 0.2) is 52.4 Å². The summed E-state index contributed by atoms with van der Waals surface area (Å²) in [5, 5.41) is 11.2. The Morgan fingerprint density at radius 3 is 2.74 bits per heavy atom. The maximum Gasteiger partial charge on any atom is 0.277 e. The van der Waals surface area contributed by atoms with Crippen molar-refractivity contribution >= 4 is 35.2 Å². The Kier molecular flexibility index (Phi) is 4.84. The zero-order chi connectivity index (χ0) is 16.1. The molecule has 0 unspecified atom stereocenters. The molecular weight excluding hydrogens is 338 g/mol. The van der Waals surface area contributed by atoms with Crippen molar-refractivity contribution in [2.24, 2.45) is 0 Å². The van der Waals surface area contributed by atoms with E-state index in [1.54, 1.807) is 30.6 Å².